The molecule has 0 aliphatic carbocycles. The van der Waals surface area contributed by atoms with Crippen LogP contribution >= 0.6 is 11.6 Å². The smallest absolute Gasteiger partial charge is 0.271 e. The number of carbonyl (C=O) groups is 1. The van der Waals surface area contributed by atoms with Gasteiger partial charge in [0.25, 0.3) is 5.91 Å². The third-order valence-corrected chi connectivity index (χ3v) is 4.61. The molecule has 0 fully saturated rings. The summed E-state index contributed by atoms with van der Waals surface area (Å²) in [5, 5.41) is 13.4. The van der Waals surface area contributed by atoms with Crippen LogP contribution in [0.3, 0.4) is 0 Å². The molecule has 2 aromatic carbocycles. The first-order valence-electron chi connectivity index (χ1n) is 6.92. The molecule has 1 heterocycles. The summed E-state index contributed by atoms with van der Waals surface area (Å²) in [5.41, 5.74) is 6.84. The van der Waals surface area contributed by atoms with Gasteiger partial charge in [0.05, 0.1) is 10.6 Å². The van der Waals surface area contributed by atoms with E-state index in [9.17, 15) is 13.2 Å². The quantitative estimate of drug-likeness (QED) is 0.707. The summed E-state index contributed by atoms with van der Waals surface area (Å²) >= 11 is 5.89. The molecule has 4 N–H and O–H groups in total. The fraction of sp³-hybridized carbons (Fsp3) is 0. The van der Waals surface area contributed by atoms with Crippen LogP contribution in [0.1, 0.15) is 10.5 Å². The average molecular weight is 378 g/mol. The highest BCUT2D eigenvalue weighted by Crippen LogP contribution is 2.26. The van der Waals surface area contributed by atoms with Gasteiger partial charge in [-0.25, -0.2) is 18.2 Å². The predicted octanol–water partition coefficient (Wildman–Crippen LogP) is 1.33. The third-order valence-electron chi connectivity index (χ3n) is 3.43. The van der Waals surface area contributed by atoms with E-state index < -0.39 is 15.9 Å². The highest BCUT2D eigenvalue weighted by molar-refractivity contribution is 7.89. The Labute approximate surface area is 148 Å². The molecule has 128 valence electrons. The standard InChI is InChI=1S/C15H12ClN5O3S/c16-10-3-1-9(2-4-10)14-13(15(17)22)19-20-21(14)11-5-7-12(8-6-11)25(18,23)24/h1-8H,(H2,17,22)(H2,18,23,24). The van der Waals surface area contributed by atoms with Gasteiger partial charge in [-0.05, 0) is 36.4 Å². The summed E-state index contributed by atoms with van der Waals surface area (Å²) < 4.78 is 24.1. The van der Waals surface area contributed by atoms with Gasteiger partial charge < -0.3 is 5.73 Å². The molecule has 0 radical (unpaired) electrons. The Kier molecular flexibility index (Phi) is 4.29. The zero-order valence-corrected chi connectivity index (χ0v) is 14.2. The van der Waals surface area contributed by atoms with E-state index in [4.69, 9.17) is 22.5 Å². The van der Waals surface area contributed by atoms with Crippen LogP contribution in [-0.2, 0) is 10.0 Å². The number of amides is 1. The fourth-order valence-corrected chi connectivity index (χ4v) is 2.91. The topological polar surface area (TPSA) is 134 Å². The number of benzene rings is 2. The summed E-state index contributed by atoms with van der Waals surface area (Å²) in [7, 11) is -3.81. The maximum Gasteiger partial charge on any atom is 0.271 e. The van der Waals surface area contributed by atoms with E-state index in [1.165, 1.54) is 28.9 Å². The van der Waals surface area contributed by atoms with Gasteiger partial charge in [0.15, 0.2) is 5.69 Å². The molecule has 8 nitrogen and oxygen atoms in total. The minimum atomic E-state index is -3.81. The monoisotopic (exact) mass is 377 g/mol. The molecule has 25 heavy (non-hydrogen) atoms. The van der Waals surface area contributed by atoms with Crippen molar-refractivity contribution in [2.45, 2.75) is 4.90 Å². The zero-order chi connectivity index (χ0) is 18.2. The normalized spacial score (nSPS) is 11.4. The summed E-state index contributed by atoms with van der Waals surface area (Å²) in [4.78, 5) is 11.6. The number of nitrogens with zero attached hydrogens (tertiary/aromatic N) is 3. The van der Waals surface area contributed by atoms with E-state index in [-0.39, 0.29) is 10.6 Å². The first-order chi connectivity index (χ1) is 11.8. The van der Waals surface area contributed by atoms with Gasteiger partial charge in [0.1, 0.15) is 5.69 Å². The largest absolute Gasteiger partial charge is 0.364 e. The van der Waals surface area contributed by atoms with E-state index in [0.29, 0.717) is 22.0 Å². The Morgan fingerprint density at radius 3 is 2.16 bits per heavy atom. The molecule has 1 aromatic heterocycles. The Morgan fingerprint density at radius 2 is 1.64 bits per heavy atom. The first-order valence-corrected chi connectivity index (χ1v) is 8.84. The van der Waals surface area contributed by atoms with Crippen molar-refractivity contribution in [3.63, 3.8) is 0 Å². The SMILES string of the molecule is NC(=O)c1nnn(-c2ccc(S(N)(=O)=O)cc2)c1-c1ccc(Cl)cc1. The summed E-state index contributed by atoms with van der Waals surface area (Å²) in [6.07, 6.45) is 0. The number of nitrogens with two attached hydrogens (primary N) is 2. The summed E-state index contributed by atoms with van der Waals surface area (Å²) in [6.45, 7) is 0. The van der Waals surface area contributed by atoms with E-state index in [0.717, 1.165) is 0 Å². The number of carbonyl (C=O) groups excluding carboxylic acids is 1. The maximum absolute atomic E-state index is 11.7. The van der Waals surface area contributed by atoms with Crippen molar-refractivity contribution in [1.29, 1.82) is 0 Å². The highest BCUT2D eigenvalue weighted by Gasteiger charge is 2.20. The highest BCUT2D eigenvalue weighted by atomic mass is 35.5. The second kappa shape index (κ2) is 6.28. The van der Waals surface area contributed by atoms with Crippen LogP contribution in [0.5, 0.6) is 0 Å². The fourth-order valence-electron chi connectivity index (χ4n) is 2.27. The Bertz CT molecular complexity index is 1040. The summed E-state index contributed by atoms with van der Waals surface area (Å²) in [6, 6.07) is 12.4. The van der Waals surface area contributed by atoms with Crippen molar-refractivity contribution in [2.75, 3.05) is 0 Å². The lowest BCUT2D eigenvalue weighted by molar-refractivity contribution is 0.0996. The van der Waals surface area contributed by atoms with Gasteiger partial charge in [0.2, 0.25) is 10.0 Å². The minimum absolute atomic E-state index is 0.0159. The van der Waals surface area contributed by atoms with E-state index in [1.807, 2.05) is 0 Å². The number of primary amides is 1. The van der Waals surface area contributed by atoms with E-state index >= 15 is 0 Å². The molecule has 0 saturated heterocycles. The number of sulfonamides is 1. The van der Waals surface area contributed by atoms with E-state index in [2.05, 4.69) is 10.3 Å². The van der Waals surface area contributed by atoms with Gasteiger partial charge >= 0.3 is 0 Å². The van der Waals surface area contributed by atoms with Crippen LogP contribution in [0.25, 0.3) is 16.9 Å². The van der Waals surface area contributed by atoms with Crippen LogP contribution in [-0.4, -0.2) is 29.3 Å². The second-order valence-corrected chi connectivity index (χ2v) is 7.11. The van der Waals surface area contributed by atoms with Gasteiger partial charge in [-0.1, -0.05) is 28.9 Å². The van der Waals surface area contributed by atoms with Crippen molar-refractivity contribution in [3.05, 3.63) is 59.2 Å². The molecular weight excluding hydrogens is 366 g/mol. The van der Waals surface area contributed by atoms with Crippen LogP contribution in [0, 0.1) is 0 Å². The minimum Gasteiger partial charge on any atom is -0.364 e. The van der Waals surface area contributed by atoms with Crippen molar-refractivity contribution < 1.29 is 13.2 Å². The van der Waals surface area contributed by atoms with Crippen LogP contribution < -0.4 is 10.9 Å². The molecule has 10 heteroatoms. The number of halogens is 1. The van der Waals surface area contributed by atoms with Crippen molar-refractivity contribution in [2.24, 2.45) is 10.9 Å². The molecule has 0 atom stereocenters. The van der Waals surface area contributed by atoms with Gasteiger partial charge in [-0.3, -0.25) is 4.79 Å². The van der Waals surface area contributed by atoms with E-state index in [1.54, 1.807) is 24.3 Å². The van der Waals surface area contributed by atoms with Crippen molar-refractivity contribution in [1.82, 2.24) is 15.0 Å². The number of hydrogen-bond acceptors (Lipinski definition) is 5. The summed E-state index contributed by atoms with van der Waals surface area (Å²) in [5.74, 6) is -0.739. The second-order valence-electron chi connectivity index (χ2n) is 5.11. The molecule has 3 aromatic rings. The zero-order valence-electron chi connectivity index (χ0n) is 12.6. The Morgan fingerprint density at radius 1 is 1.04 bits per heavy atom. The molecule has 0 saturated carbocycles. The molecule has 0 aliphatic rings. The molecule has 0 bridgehead atoms. The maximum atomic E-state index is 11.7. The number of aromatic nitrogens is 3. The lowest BCUT2D eigenvalue weighted by Gasteiger charge is -2.08. The number of primary sulfonamides is 1. The molecule has 0 unspecified atom stereocenters. The van der Waals surface area contributed by atoms with Crippen molar-refractivity contribution >= 4 is 27.5 Å². The van der Waals surface area contributed by atoms with Crippen LogP contribution in [0.2, 0.25) is 5.02 Å². The Balaban J connectivity index is 2.17. The number of hydrogen-bond donors (Lipinski definition) is 2. The lowest BCUT2D eigenvalue weighted by Crippen LogP contribution is -2.13. The molecule has 0 spiro atoms. The number of rotatable bonds is 4. The predicted molar refractivity (Wildman–Crippen MR) is 91.7 cm³/mol. The molecule has 3 rings (SSSR count). The average Bonchev–Trinajstić information content (AvgIpc) is 3.00. The molecule has 1 amide bonds. The van der Waals surface area contributed by atoms with Crippen LogP contribution in [0.4, 0.5) is 0 Å². The molecule has 0 aliphatic heterocycles. The van der Waals surface area contributed by atoms with Gasteiger partial charge in [0, 0.05) is 10.6 Å². The van der Waals surface area contributed by atoms with Crippen molar-refractivity contribution in [3.8, 4) is 16.9 Å². The third kappa shape index (κ3) is 3.38. The molecular formula is C15H12ClN5O3S. The van der Waals surface area contributed by atoms with Gasteiger partial charge in [-0.2, -0.15) is 0 Å². The van der Waals surface area contributed by atoms with Gasteiger partial charge in [-0.15, -0.1) is 5.10 Å². The first kappa shape index (κ1) is 17.1. The van der Waals surface area contributed by atoms with Crippen LogP contribution in [0.15, 0.2) is 53.4 Å². The lowest BCUT2D eigenvalue weighted by atomic mass is 10.1. The Hall–Kier alpha value is -2.75.